The van der Waals surface area contributed by atoms with Crippen molar-refractivity contribution in [3.8, 4) is 0 Å². The minimum Gasteiger partial charge on any atom is -0.304 e. The molecule has 114 valence electrons. The zero-order valence-electron chi connectivity index (χ0n) is 13.3. The summed E-state index contributed by atoms with van der Waals surface area (Å²) in [5, 5.41) is 4.71. The standard InChI is InChI=1S/C17H23FN2S/c1-11-15(21-12(2)20-11)10-19-16(17(3,4)5)13-6-8-14(18)9-7-13/h6-9,16,19H,10H2,1-5H3. The monoisotopic (exact) mass is 306 g/mol. The normalized spacial score (nSPS) is 13.4. The largest absolute Gasteiger partial charge is 0.304 e. The molecule has 1 aromatic heterocycles. The molecule has 0 spiro atoms. The van der Waals surface area contributed by atoms with Gasteiger partial charge in [0.2, 0.25) is 0 Å². The van der Waals surface area contributed by atoms with Crippen LogP contribution >= 0.6 is 11.3 Å². The van der Waals surface area contributed by atoms with Crippen LogP contribution in [0.5, 0.6) is 0 Å². The second kappa shape index (κ2) is 6.24. The van der Waals surface area contributed by atoms with Crippen molar-refractivity contribution in [2.24, 2.45) is 5.41 Å². The number of nitrogens with zero attached hydrogens (tertiary/aromatic N) is 1. The smallest absolute Gasteiger partial charge is 0.123 e. The Morgan fingerprint density at radius 3 is 2.29 bits per heavy atom. The summed E-state index contributed by atoms with van der Waals surface area (Å²) in [6.07, 6.45) is 0. The van der Waals surface area contributed by atoms with Crippen molar-refractivity contribution in [3.63, 3.8) is 0 Å². The van der Waals surface area contributed by atoms with Crippen LogP contribution in [0.4, 0.5) is 4.39 Å². The second-order valence-corrected chi connectivity index (χ2v) is 7.76. The summed E-state index contributed by atoms with van der Waals surface area (Å²) < 4.78 is 13.1. The maximum Gasteiger partial charge on any atom is 0.123 e. The number of halogens is 1. The van der Waals surface area contributed by atoms with E-state index in [4.69, 9.17) is 0 Å². The lowest BCUT2D eigenvalue weighted by atomic mass is 9.82. The van der Waals surface area contributed by atoms with E-state index in [0.717, 1.165) is 22.8 Å². The predicted molar refractivity (Wildman–Crippen MR) is 87.0 cm³/mol. The van der Waals surface area contributed by atoms with Crippen LogP contribution in [0.1, 0.15) is 48.0 Å². The summed E-state index contributed by atoms with van der Waals surface area (Å²) in [6.45, 7) is 11.4. The first kappa shape index (κ1) is 16.1. The molecule has 0 aliphatic rings. The lowest BCUT2D eigenvalue weighted by Crippen LogP contribution is -2.32. The molecule has 2 aromatic rings. The molecule has 0 saturated heterocycles. The highest BCUT2D eigenvalue weighted by Crippen LogP contribution is 2.33. The van der Waals surface area contributed by atoms with Crippen LogP contribution in [-0.2, 0) is 6.54 Å². The van der Waals surface area contributed by atoms with Gasteiger partial charge in [0, 0.05) is 17.5 Å². The summed E-state index contributed by atoms with van der Waals surface area (Å²) >= 11 is 1.73. The third-order valence-electron chi connectivity index (χ3n) is 3.54. The quantitative estimate of drug-likeness (QED) is 0.879. The molecule has 0 aliphatic heterocycles. The van der Waals surface area contributed by atoms with Gasteiger partial charge in [-0.15, -0.1) is 11.3 Å². The van der Waals surface area contributed by atoms with Gasteiger partial charge in [-0.2, -0.15) is 0 Å². The molecule has 2 nitrogen and oxygen atoms in total. The molecular weight excluding hydrogens is 283 g/mol. The van der Waals surface area contributed by atoms with E-state index in [1.54, 1.807) is 11.3 Å². The number of nitrogens with one attached hydrogen (secondary N) is 1. The van der Waals surface area contributed by atoms with Crippen LogP contribution in [0.25, 0.3) is 0 Å². The van der Waals surface area contributed by atoms with E-state index in [9.17, 15) is 4.39 Å². The van der Waals surface area contributed by atoms with Gasteiger partial charge in [0.05, 0.1) is 10.7 Å². The number of thiazole rings is 1. The zero-order chi connectivity index (χ0) is 15.6. The lowest BCUT2D eigenvalue weighted by Gasteiger charge is -2.32. The van der Waals surface area contributed by atoms with Crippen molar-refractivity contribution in [1.82, 2.24) is 10.3 Å². The van der Waals surface area contributed by atoms with Crippen molar-refractivity contribution < 1.29 is 4.39 Å². The van der Waals surface area contributed by atoms with Gasteiger partial charge in [-0.1, -0.05) is 32.9 Å². The summed E-state index contributed by atoms with van der Waals surface area (Å²) in [4.78, 5) is 5.73. The van der Waals surface area contributed by atoms with E-state index in [0.29, 0.717) is 0 Å². The van der Waals surface area contributed by atoms with E-state index >= 15 is 0 Å². The summed E-state index contributed by atoms with van der Waals surface area (Å²) in [6, 6.07) is 6.95. The number of hydrogen-bond acceptors (Lipinski definition) is 3. The molecule has 0 amide bonds. The van der Waals surface area contributed by atoms with Gasteiger partial charge >= 0.3 is 0 Å². The summed E-state index contributed by atoms with van der Waals surface area (Å²) in [7, 11) is 0. The Bertz CT molecular complexity index is 596. The zero-order valence-corrected chi connectivity index (χ0v) is 14.1. The van der Waals surface area contributed by atoms with Crippen molar-refractivity contribution in [1.29, 1.82) is 0 Å². The highest BCUT2D eigenvalue weighted by atomic mass is 32.1. The first-order chi connectivity index (χ1) is 9.77. The molecule has 4 heteroatoms. The summed E-state index contributed by atoms with van der Waals surface area (Å²) in [5.74, 6) is -0.194. The summed E-state index contributed by atoms with van der Waals surface area (Å²) in [5.41, 5.74) is 2.26. The van der Waals surface area contributed by atoms with Crippen LogP contribution in [0.2, 0.25) is 0 Å². The van der Waals surface area contributed by atoms with Crippen molar-refractivity contribution in [2.45, 2.75) is 47.2 Å². The van der Waals surface area contributed by atoms with Crippen LogP contribution < -0.4 is 5.32 Å². The first-order valence-electron chi connectivity index (χ1n) is 7.19. The molecule has 2 rings (SSSR count). The van der Waals surface area contributed by atoms with Crippen LogP contribution in [0.15, 0.2) is 24.3 Å². The molecule has 21 heavy (non-hydrogen) atoms. The highest BCUT2D eigenvalue weighted by molar-refractivity contribution is 7.11. The Hall–Kier alpha value is -1.26. The molecule has 0 fully saturated rings. The average Bonchev–Trinajstić information content (AvgIpc) is 2.69. The SMILES string of the molecule is Cc1nc(C)c(CNC(c2ccc(F)cc2)C(C)(C)C)s1. The van der Waals surface area contributed by atoms with Gasteiger partial charge in [-0.05, 0) is 37.0 Å². The number of aryl methyl sites for hydroxylation is 2. The third kappa shape index (κ3) is 4.11. The van der Waals surface area contributed by atoms with Gasteiger partial charge in [0.25, 0.3) is 0 Å². The minimum absolute atomic E-state index is 0.0471. The Morgan fingerprint density at radius 1 is 1.19 bits per heavy atom. The lowest BCUT2D eigenvalue weighted by molar-refractivity contribution is 0.271. The first-order valence-corrected chi connectivity index (χ1v) is 8.01. The molecule has 0 aliphatic carbocycles. The molecule has 1 N–H and O–H groups in total. The fourth-order valence-electron chi connectivity index (χ4n) is 2.51. The molecule has 0 saturated carbocycles. The topological polar surface area (TPSA) is 24.9 Å². The van der Waals surface area contributed by atoms with Gasteiger partial charge < -0.3 is 5.32 Å². The Labute approximate surface area is 130 Å². The van der Waals surface area contributed by atoms with Crippen molar-refractivity contribution in [2.75, 3.05) is 0 Å². The van der Waals surface area contributed by atoms with Crippen LogP contribution in [0.3, 0.4) is 0 Å². The predicted octanol–water partition coefficient (Wildman–Crippen LogP) is 4.78. The molecule has 0 bridgehead atoms. The molecule has 0 radical (unpaired) electrons. The van der Waals surface area contributed by atoms with Crippen molar-refractivity contribution >= 4 is 11.3 Å². The van der Waals surface area contributed by atoms with Gasteiger partial charge in [-0.25, -0.2) is 9.37 Å². The number of hydrogen-bond donors (Lipinski definition) is 1. The van der Waals surface area contributed by atoms with Crippen LogP contribution in [0, 0.1) is 25.1 Å². The molecule has 1 heterocycles. The minimum atomic E-state index is -0.194. The van der Waals surface area contributed by atoms with Gasteiger partial charge in [-0.3, -0.25) is 0 Å². The fourth-order valence-corrected chi connectivity index (χ4v) is 3.40. The Kier molecular flexibility index (Phi) is 4.79. The maximum atomic E-state index is 13.1. The van der Waals surface area contributed by atoms with E-state index in [2.05, 4.69) is 31.1 Å². The van der Waals surface area contributed by atoms with E-state index in [-0.39, 0.29) is 17.3 Å². The fraction of sp³-hybridized carbons (Fsp3) is 0.471. The number of rotatable bonds is 4. The van der Waals surface area contributed by atoms with Gasteiger partial charge in [0.15, 0.2) is 0 Å². The van der Waals surface area contributed by atoms with Gasteiger partial charge in [0.1, 0.15) is 5.82 Å². The molecule has 1 atom stereocenters. The Balaban J connectivity index is 2.18. The van der Waals surface area contributed by atoms with E-state index < -0.39 is 0 Å². The highest BCUT2D eigenvalue weighted by Gasteiger charge is 2.26. The van der Waals surface area contributed by atoms with E-state index in [1.807, 2.05) is 26.0 Å². The third-order valence-corrected chi connectivity index (χ3v) is 4.61. The maximum absolute atomic E-state index is 13.1. The molecule has 1 unspecified atom stereocenters. The molecule has 1 aromatic carbocycles. The number of benzene rings is 1. The second-order valence-electron chi connectivity index (χ2n) is 6.47. The molecular formula is C17H23FN2S. The van der Waals surface area contributed by atoms with Crippen LogP contribution in [-0.4, -0.2) is 4.98 Å². The van der Waals surface area contributed by atoms with Crippen molar-refractivity contribution in [3.05, 3.63) is 51.2 Å². The number of aromatic nitrogens is 1. The average molecular weight is 306 g/mol. The Morgan fingerprint density at radius 2 is 1.81 bits per heavy atom. The van der Waals surface area contributed by atoms with E-state index in [1.165, 1.54) is 17.0 Å².